The number of hydrogen-bond acceptors (Lipinski definition) is 3. The molecule has 5 heteroatoms. The van der Waals surface area contributed by atoms with Crippen molar-refractivity contribution in [3.8, 4) is 5.75 Å². The number of para-hydroxylation sites is 1. The van der Waals surface area contributed by atoms with Crippen LogP contribution in [0, 0.1) is 5.82 Å². The smallest absolute Gasteiger partial charge is 0.147 e. The zero-order valence-electron chi connectivity index (χ0n) is 11.3. The number of nitrogens with one attached hydrogen (secondary N) is 1. The minimum Gasteiger partial charge on any atom is -0.491 e. The summed E-state index contributed by atoms with van der Waals surface area (Å²) in [5, 5.41) is 3.01. The molecule has 2 aromatic carbocycles. The zero-order chi connectivity index (χ0) is 14.7. The summed E-state index contributed by atoms with van der Waals surface area (Å²) < 4.78 is 20.0. The lowest BCUT2D eigenvalue weighted by Gasteiger charge is -2.14. The fourth-order valence-corrected chi connectivity index (χ4v) is 2.24. The molecule has 3 nitrogen and oxygen atoms in total. The molecule has 0 aliphatic carbocycles. The average molecular weight is 339 g/mol. The van der Waals surface area contributed by atoms with Crippen LogP contribution in [0.5, 0.6) is 5.75 Å². The van der Waals surface area contributed by atoms with Crippen molar-refractivity contribution in [3.05, 3.63) is 46.7 Å². The molecule has 0 aliphatic heterocycles. The van der Waals surface area contributed by atoms with E-state index < -0.39 is 0 Å². The molecule has 0 saturated carbocycles. The van der Waals surface area contributed by atoms with Gasteiger partial charge in [0.05, 0.1) is 11.8 Å². The first-order chi connectivity index (χ1) is 9.45. The second-order valence-corrected chi connectivity index (χ2v) is 5.53. The van der Waals surface area contributed by atoms with Gasteiger partial charge < -0.3 is 15.8 Å². The van der Waals surface area contributed by atoms with Crippen molar-refractivity contribution < 1.29 is 9.13 Å². The SMILES string of the molecule is CC(C)Oc1cc(N)cc(Nc2c(F)cccc2Br)c1. The van der Waals surface area contributed by atoms with E-state index in [2.05, 4.69) is 21.2 Å². The Morgan fingerprint density at radius 1 is 1.25 bits per heavy atom. The van der Waals surface area contributed by atoms with Gasteiger partial charge in [0.15, 0.2) is 0 Å². The van der Waals surface area contributed by atoms with Gasteiger partial charge in [-0.3, -0.25) is 0 Å². The largest absolute Gasteiger partial charge is 0.491 e. The maximum absolute atomic E-state index is 13.8. The Kier molecular flexibility index (Phi) is 4.49. The Balaban J connectivity index is 2.31. The molecule has 0 atom stereocenters. The summed E-state index contributed by atoms with van der Waals surface area (Å²) in [6, 6.07) is 10.0. The van der Waals surface area contributed by atoms with Crippen molar-refractivity contribution in [1.29, 1.82) is 0 Å². The van der Waals surface area contributed by atoms with Gasteiger partial charge in [-0.2, -0.15) is 0 Å². The Bertz CT molecular complexity index is 597. The third kappa shape index (κ3) is 3.63. The van der Waals surface area contributed by atoms with Crippen LogP contribution in [0.2, 0.25) is 0 Å². The van der Waals surface area contributed by atoms with Gasteiger partial charge >= 0.3 is 0 Å². The number of hydrogen-bond donors (Lipinski definition) is 2. The lowest BCUT2D eigenvalue weighted by molar-refractivity contribution is 0.242. The van der Waals surface area contributed by atoms with Crippen LogP contribution in [0.1, 0.15) is 13.8 Å². The molecule has 2 rings (SSSR count). The van der Waals surface area contributed by atoms with Gasteiger partial charge in [-0.25, -0.2) is 4.39 Å². The van der Waals surface area contributed by atoms with E-state index in [0.29, 0.717) is 27.3 Å². The predicted octanol–water partition coefficient (Wildman–Crippen LogP) is 4.70. The minimum atomic E-state index is -0.340. The van der Waals surface area contributed by atoms with E-state index >= 15 is 0 Å². The Labute approximate surface area is 126 Å². The van der Waals surface area contributed by atoms with E-state index in [1.165, 1.54) is 6.07 Å². The lowest BCUT2D eigenvalue weighted by atomic mass is 10.2. The summed E-state index contributed by atoms with van der Waals surface area (Å²) in [4.78, 5) is 0. The van der Waals surface area contributed by atoms with Gasteiger partial charge in [-0.1, -0.05) is 6.07 Å². The summed E-state index contributed by atoms with van der Waals surface area (Å²) in [5.74, 6) is 0.308. The van der Waals surface area contributed by atoms with Crippen molar-refractivity contribution in [2.24, 2.45) is 0 Å². The number of halogens is 2. The molecular weight excluding hydrogens is 323 g/mol. The maximum atomic E-state index is 13.8. The third-order valence-electron chi connectivity index (χ3n) is 2.53. The van der Waals surface area contributed by atoms with E-state index in [-0.39, 0.29) is 11.9 Å². The maximum Gasteiger partial charge on any atom is 0.147 e. The molecule has 0 bridgehead atoms. The van der Waals surface area contributed by atoms with Crippen LogP contribution in [0.25, 0.3) is 0 Å². The van der Waals surface area contributed by atoms with Crippen molar-refractivity contribution in [1.82, 2.24) is 0 Å². The fourth-order valence-electron chi connectivity index (χ4n) is 1.80. The van der Waals surface area contributed by atoms with E-state index in [1.54, 1.807) is 30.3 Å². The highest BCUT2D eigenvalue weighted by atomic mass is 79.9. The van der Waals surface area contributed by atoms with Crippen LogP contribution < -0.4 is 15.8 Å². The summed E-state index contributed by atoms with van der Waals surface area (Å²) in [5.41, 5.74) is 7.43. The first-order valence-electron chi connectivity index (χ1n) is 6.24. The van der Waals surface area contributed by atoms with Crippen LogP contribution in [0.4, 0.5) is 21.5 Å². The molecule has 0 spiro atoms. The molecule has 3 N–H and O–H groups in total. The quantitative estimate of drug-likeness (QED) is 0.794. The van der Waals surface area contributed by atoms with Crippen LogP contribution in [0.15, 0.2) is 40.9 Å². The van der Waals surface area contributed by atoms with Crippen molar-refractivity contribution in [2.75, 3.05) is 11.1 Å². The van der Waals surface area contributed by atoms with Crippen molar-refractivity contribution in [3.63, 3.8) is 0 Å². The van der Waals surface area contributed by atoms with Gasteiger partial charge in [-0.05, 0) is 48.0 Å². The number of nitrogen functional groups attached to an aromatic ring is 1. The predicted molar refractivity (Wildman–Crippen MR) is 84.0 cm³/mol. The Hall–Kier alpha value is -1.75. The van der Waals surface area contributed by atoms with E-state index in [9.17, 15) is 4.39 Å². The van der Waals surface area contributed by atoms with Gasteiger partial charge in [0.25, 0.3) is 0 Å². The first kappa shape index (κ1) is 14.7. The molecule has 2 aromatic rings. The summed E-state index contributed by atoms with van der Waals surface area (Å²) >= 11 is 3.32. The third-order valence-corrected chi connectivity index (χ3v) is 3.19. The van der Waals surface area contributed by atoms with Gasteiger partial charge in [0.1, 0.15) is 11.6 Å². The minimum absolute atomic E-state index is 0.0462. The summed E-state index contributed by atoms with van der Waals surface area (Å²) in [7, 11) is 0. The zero-order valence-corrected chi connectivity index (χ0v) is 12.9. The average Bonchev–Trinajstić information content (AvgIpc) is 2.32. The van der Waals surface area contributed by atoms with Crippen LogP contribution in [-0.2, 0) is 0 Å². The summed E-state index contributed by atoms with van der Waals surface area (Å²) in [6.07, 6.45) is 0.0462. The van der Waals surface area contributed by atoms with E-state index in [1.807, 2.05) is 13.8 Å². The highest BCUT2D eigenvalue weighted by molar-refractivity contribution is 9.10. The molecule has 0 heterocycles. The number of nitrogens with two attached hydrogens (primary N) is 1. The van der Waals surface area contributed by atoms with E-state index in [4.69, 9.17) is 10.5 Å². The number of benzene rings is 2. The highest BCUT2D eigenvalue weighted by Gasteiger charge is 2.08. The Morgan fingerprint density at radius 2 is 2.00 bits per heavy atom. The monoisotopic (exact) mass is 338 g/mol. The van der Waals surface area contributed by atoms with Gasteiger partial charge in [0, 0.05) is 28.0 Å². The normalized spacial score (nSPS) is 10.7. The second kappa shape index (κ2) is 6.13. The molecule has 0 aliphatic rings. The molecule has 106 valence electrons. The number of anilines is 3. The van der Waals surface area contributed by atoms with Crippen molar-refractivity contribution in [2.45, 2.75) is 20.0 Å². The van der Waals surface area contributed by atoms with Crippen LogP contribution in [0.3, 0.4) is 0 Å². The van der Waals surface area contributed by atoms with Gasteiger partial charge in [-0.15, -0.1) is 0 Å². The first-order valence-corrected chi connectivity index (χ1v) is 7.03. The summed E-state index contributed by atoms with van der Waals surface area (Å²) in [6.45, 7) is 3.87. The van der Waals surface area contributed by atoms with Gasteiger partial charge in [0.2, 0.25) is 0 Å². The van der Waals surface area contributed by atoms with Crippen LogP contribution in [-0.4, -0.2) is 6.10 Å². The van der Waals surface area contributed by atoms with Crippen molar-refractivity contribution >= 4 is 33.0 Å². The molecule has 0 aromatic heterocycles. The fraction of sp³-hybridized carbons (Fsp3) is 0.200. The molecule has 0 radical (unpaired) electrons. The van der Waals surface area contributed by atoms with Crippen LogP contribution >= 0.6 is 15.9 Å². The molecule has 0 saturated heterocycles. The topological polar surface area (TPSA) is 47.3 Å². The van der Waals surface area contributed by atoms with E-state index in [0.717, 1.165) is 0 Å². The lowest BCUT2D eigenvalue weighted by Crippen LogP contribution is -2.06. The molecule has 20 heavy (non-hydrogen) atoms. The molecular formula is C15H16BrFN2O. The second-order valence-electron chi connectivity index (χ2n) is 4.68. The Morgan fingerprint density at radius 3 is 2.65 bits per heavy atom. The molecule has 0 fully saturated rings. The molecule has 0 amide bonds. The molecule has 0 unspecified atom stereocenters. The number of ether oxygens (including phenoxy) is 1. The number of rotatable bonds is 4. The highest BCUT2D eigenvalue weighted by Crippen LogP contribution is 2.31. The standard InChI is InChI=1S/C15H16BrFN2O/c1-9(2)20-12-7-10(18)6-11(8-12)19-15-13(16)4-3-5-14(15)17/h3-9,19H,18H2,1-2H3.